The second kappa shape index (κ2) is 9.60. The maximum Gasteiger partial charge on any atom is 0.255 e. The number of para-hydroxylation sites is 2. The summed E-state index contributed by atoms with van der Waals surface area (Å²) in [6, 6.07) is 16.5. The first-order valence-corrected chi connectivity index (χ1v) is 12.3. The monoisotopic (exact) mass is 487 g/mol. The molecule has 0 bridgehead atoms. The third-order valence-corrected chi connectivity index (χ3v) is 7.16. The Bertz CT molecular complexity index is 1480. The van der Waals surface area contributed by atoms with E-state index < -0.39 is 0 Å². The predicted octanol–water partition coefficient (Wildman–Crippen LogP) is 3.76. The molecule has 36 heavy (non-hydrogen) atoms. The second-order valence-corrected chi connectivity index (χ2v) is 9.32. The first kappa shape index (κ1) is 23.8. The van der Waals surface area contributed by atoms with Gasteiger partial charge in [0.05, 0.1) is 17.1 Å². The highest BCUT2D eigenvalue weighted by Gasteiger charge is 2.24. The minimum Gasteiger partial charge on any atom is -0.366 e. The summed E-state index contributed by atoms with van der Waals surface area (Å²) in [6.45, 7) is 6.12. The van der Waals surface area contributed by atoms with Gasteiger partial charge in [0.15, 0.2) is 0 Å². The number of hydrogen-bond acceptors (Lipinski definition) is 4. The van der Waals surface area contributed by atoms with Gasteiger partial charge in [0, 0.05) is 50.6 Å². The summed E-state index contributed by atoms with van der Waals surface area (Å²) in [6.07, 6.45) is 0.629. The minimum absolute atomic E-state index is 0.0152. The zero-order chi connectivity index (χ0) is 25.4. The van der Waals surface area contributed by atoms with Gasteiger partial charge < -0.3 is 9.80 Å². The molecule has 1 aliphatic rings. The van der Waals surface area contributed by atoms with E-state index in [1.807, 2.05) is 64.7 Å². The number of aryl methyl sites for hydroxylation is 3. The van der Waals surface area contributed by atoms with Crippen molar-refractivity contribution in [1.82, 2.24) is 19.2 Å². The Labute approximate surface area is 209 Å². The van der Waals surface area contributed by atoms with Crippen molar-refractivity contribution in [3.63, 3.8) is 0 Å². The van der Waals surface area contributed by atoms with Crippen LogP contribution in [0.2, 0.25) is 0 Å². The number of hydrogen-bond donors (Lipinski definition) is 0. The normalized spacial score (nSPS) is 14.0. The van der Waals surface area contributed by atoms with E-state index in [4.69, 9.17) is 5.10 Å². The Morgan fingerprint density at radius 3 is 2.33 bits per heavy atom. The number of anilines is 1. The van der Waals surface area contributed by atoms with Crippen molar-refractivity contribution in [3.05, 3.63) is 87.6 Å². The molecule has 1 amide bonds. The van der Waals surface area contributed by atoms with E-state index in [0.29, 0.717) is 43.9 Å². The molecule has 0 N–H and O–H groups in total. The van der Waals surface area contributed by atoms with Crippen molar-refractivity contribution in [2.45, 2.75) is 26.7 Å². The highest BCUT2D eigenvalue weighted by atomic mass is 19.1. The molecular formula is C28H30FN5O2. The molecule has 7 nitrogen and oxygen atoms in total. The van der Waals surface area contributed by atoms with Crippen LogP contribution < -0.4 is 10.5 Å². The number of amides is 1. The molecule has 4 aromatic rings. The van der Waals surface area contributed by atoms with Crippen molar-refractivity contribution in [3.8, 4) is 5.69 Å². The van der Waals surface area contributed by atoms with E-state index >= 15 is 0 Å². The van der Waals surface area contributed by atoms with E-state index in [1.165, 1.54) is 6.07 Å². The van der Waals surface area contributed by atoms with Crippen molar-refractivity contribution in [1.29, 1.82) is 0 Å². The number of carbonyl (C=O) groups excluding carboxylic acids is 1. The Kier molecular flexibility index (Phi) is 6.35. The van der Waals surface area contributed by atoms with Gasteiger partial charge in [0.1, 0.15) is 11.5 Å². The van der Waals surface area contributed by atoms with Crippen LogP contribution in [0, 0.1) is 19.7 Å². The second-order valence-electron chi connectivity index (χ2n) is 9.32. The molecule has 3 heterocycles. The molecule has 2 aromatic carbocycles. The third-order valence-electron chi connectivity index (χ3n) is 7.16. The highest BCUT2D eigenvalue weighted by Crippen LogP contribution is 2.26. The average Bonchev–Trinajstić information content (AvgIpc) is 3.25. The molecule has 8 heteroatoms. The first-order chi connectivity index (χ1) is 17.4. The summed E-state index contributed by atoms with van der Waals surface area (Å²) in [5.41, 5.74) is 4.49. The standard InChI is InChI=1S/C28H30FN5O2/c1-19-22(13-14-25(35)33-17-15-32(16-18-33)24-12-8-7-11-23(24)29)28(36)31(3)27-26(19)20(2)30-34(27)21-9-5-4-6-10-21/h4-12H,13-18H2,1-3H3. The fraction of sp³-hybridized carbons (Fsp3) is 0.321. The lowest BCUT2D eigenvalue weighted by molar-refractivity contribution is -0.131. The van der Waals surface area contributed by atoms with Crippen LogP contribution >= 0.6 is 0 Å². The largest absolute Gasteiger partial charge is 0.366 e. The molecule has 0 radical (unpaired) electrons. The average molecular weight is 488 g/mol. The zero-order valence-corrected chi connectivity index (χ0v) is 20.9. The summed E-state index contributed by atoms with van der Waals surface area (Å²) in [7, 11) is 1.76. The van der Waals surface area contributed by atoms with Gasteiger partial charge in [-0.15, -0.1) is 0 Å². The van der Waals surface area contributed by atoms with Crippen LogP contribution in [0.5, 0.6) is 0 Å². The smallest absolute Gasteiger partial charge is 0.255 e. The summed E-state index contributed by atoms with van der Waals surface area (Å²) in [5, 5.41) is 5.67. The number of rotatable bonds is 5. The predicted molar refractivity (Wildman–Crippen MR) is 139 cm³/mol. The van der Waals surface area contributed by atoms with Gasteiger partial charge in [-0.2, -0.15) is 5.10 Å². The van der Waals surface area contributed by atoms with E-state index in [9.17, 15) is 14.0 Å². The SMILES string of the molecule is Cc1nn(-c2ccccc2)c2c1c(C)c(CCC(=O)N1CCN(c3ccccc3F)CC1)c(=O)n2C. The van der Waals surface area contributed by atoms with Crippen molar-refractivity contribution in [2.75, 3.05) is 31.1 Å². The van der Waals surface area contributed by atoms with E-state index in [-0.39, 0.29) is 23.7 Å². The number of nitrogens with zero attached hydrogens (tertiary/aromatic N) is 5. The maximum absolute atomic E-state index is 14.1. The number of piperazine rings is 1. The zero-order valence-electron chi connectivity index (χ0n) is 20.9. The van der Waals surface area contributed by atoms with Gasteiger partial charge in [-0.1, -0.05) is 30.3 Å². The van der Waals surface area contributed by atoms with Crippen molar-refractivity contribution >= 4 is 22.6 Å². The third kappa shape index (κ3) is 4.17. The van der Waals surface area contributed by atoms with E-state index in [1.54, 1.807) is 23.7 Å². The van der Waals surface area contributed by atoms with Crippen molar-refractivity contribution < 1.29 is 9.18 Å². The topological polar surface area (TPSA) is 63.4 Å². The van der Waals surface area contributed by atoms with Crippen LogP contribution in [0.25, 0.3) is 16.7 Å². The molecule has 1 fully saturated rings. The van der Waals surface area contributed by atoms with E-state index in [0.717, 1.165) is 28.0 Å². The number of fused-ring (bicyclic) bond motifs is 1. The van der Waals surface area contributed by atoms with Crippen LogP contribution in [-0.4, -0.2) is 51.3 Å². The molecule has 5 rings (SSSR count). The van der Waals surface area contributed by atoms with Gasteiger partial charge in [-0.05, 0) is 50.1 Å². The van der Waals surface area contributed by atoms with Crippen LogP contribution in [0.1, 0.15) is 23.2 Å². The van der Waals surface area contributed by atoms with Gasteiger partial charge in [0.25, 0.3) is 5.56 Å². The molecule has 0 atom stereocenters. The summed E-state index contributed by atoms with van der Waals surface area (Å²) in [5.74, 6) is -0.230. The van der Waals surface area contributed by atoms with Crippen LogP contribution in [-0.2, 0) is 18.3 Å². The van der Waals surface area contributed by atoms with Crippen molar-refractivity contribution in [2.24, 2.45) is 7.05 Å². The summed E-state index contributed by atoms with van der Waals surface area (Å²) in [4.78, 5) is 30.2. The molecule has 0 spiro atoms. The number of pyridine rings is 1. The van der Waals surface area contributed by atoms with Gasteiger partial charge in [-0.3, -0.25) is 14.2 Å². The Morgan fingerprint density at radius 1 is 0.972 bits per heavy atom. The van der Waals surface area contributed by atoms with Gasteiger partial charge in [-0.25, -0.2) is 9.07 Å². The van der Waals surface area contributed by atoms with Crippen LogP contribution in [0.4, 0.5) is 10.1 Å². The van der Waals surface area contributed by atoms with Gasteiger partial charge >= 0.3 is 0 Å². The Morgan fingerprint density at radius 2 is 1.64 bits per heavy atom. The number of carbonyl (C=O) groups is 1. The molecule has 0 unspecified atom stereocenters. The summed E-state index contributed by atoms with van der Waals surface area (Å²) >= 11 is 0. The molecule has 186 valence electrons. The molecular weight excluding hydrogens is 457 g/mol. The first-order valence-electron chi connectivity index (χ1n) is 12.3. The lowest BCUT2D eigenvalue weighted by Gasteiger charge is -2.36. The fourth-order valence-corrected chi connectivity index (χ4v) is 5.21. The molecule has 2 aromatic heterocycles. The molecule has 0 saturated carbocycles. The Hall–Kier alpha value is -3.94. The maximum atomic E-state index is 14.1. The van der Waals surface area contributed by atoms with Crippen LogP contribution in [0.15, 0.2) is 59.4 Å². The summed E-state index contributed by atoms with van der Waals surface area (Å²) < 4.78 is 17.6. The quantitative estimate of drug-likeness (QED) is 0.430. The Balaban J connectivity index is 1.34. The highest BCUT2D eigenvalue weighted by molar-refractivity contribution is 5.85. The van der Waals surface area contributed by atoms with Crippen LogP contribution in [0.3, 0.4) is 0 Å². The fourth-order valence-electron chi connectivity index (χ4n) is 5.21. The van der Waals surface area contributed by atoms with E-state index in [2.05, 4.69) is 0 Å². The molecule has 1 aliphatic heterocycles. The molecule has 1 saturated heterocycles. The van der Waals surface area contributed by atoms with Gasteiger partial charge in [0.2, 0.25) is 5.91 Å². The lowest BCUT2D eigenvalue weighted by Crippen LogP contribution is -2.49. The number of benzene rings is 2. The minimum atomic E-state index is -0.245. The molecule has 0 aliphatic carbocycles. The lowest BCUT2D eigenvalue weighted by atomic mass is 10.0. The number of aromatic nitrogens is 3. The number of halogens is 1.